The van der Waals surface area contributed by atoms with Crippen LogP contribution in [0.25, 0.3) is 0 Å². The van der Waals surface area contributed by atoms with Gasteiger partial charge in [-0.1, -0.05) is 73.9 Å². The van der Waals surface area contributed by atoms with Crippen LogP contribution in [0.2, 0.25) is 0 Å². The van der Waals surface area contributed by atoms with E-state index in [2.05, 4.69) is 59.5 Å². The zero-order chi connectivity index (χ0) is 15.5. The van der Waals surface area contributed by atoms with Gasteiger partial charge in [-0.25, -0.2) is 0 Å². The Morgan fingerprint density at radius 1 is 0.783 bits per heavy atom. The fraction of sp³-hybridized carbons (Fsp3) is 0.455. The largest absolute Gasteiger partial charge is 0.293 e. The quantitative estimate of drug-likeness (QED) is 0.772. The van der Waals surface area contributed by atoms with Crippen molar-refractivity contribution in [2.45, 2.75) is 63.6 Å². The van der Waals surface area contributed by atoms with Gasteiger partial charge in [-0.15, -0.1) is 0 Å². The lowest BCUT2D eigenvalue weighted by molar-refractivity contribution is 0.0847. The Labute approximate surface area is 140 Å². The summed E-state index contributed by atoms with van der Waals surface area (Å²) in [6.45, 7) is 1.15. The molecular formula is C22H27N. The van der Waals surface area contributed by atoms with Gasteiger partial charge >= 0.3 is 0 Å². The molecule has 2 aliphatic rings. The van der Waals surface area contributed by atoms with Crippen molar-refractivity contribution in [1.29, 1.82) is 0 Å². The molecule has 2 aromatic rings. The van der Waals surface area contributed by atoms with Crippen molar-refractivity contribution in [3.8, 4) is 0 Å². The summed E-state index contributed by atoms with van der Waals surface area (Å²) < 4.78 is 0. The van der Waals surface area contributed by atoms with Crippen LogP contribution in [0, 0.1) is 0 Å². The Bertz CT molecular complexity index is 627. The molecule has 1 heteroatoms. The predicted molar refractivity (Wildman–Crippen MR) is 96.5 cm³/mol. The Morgan fingerprint density at radius 3 is 2.26 bits per heavy atom. The van der Waals surface area contributed by atoms with Crippen molar-refractivity contribution in [2.75, 3.05) is 0 Å². The molecule has 4 rings (SSSR count). The lowest BCUT2D eigenvalue weighted by Crippen LogP contribution is -2.48. The lowest BCUT2D eigenvalue weighted by Gasteiger charge is -2.43. The zero-order valence-corrected chi connectivity index (χ0v) is 14.0. The summed E-state index contributed by atoms with van der Waals surface area (Å²) in [4.78, 5) is 2.84. The Hall–Kier alpha value is -1.60. The second kappa shape index (κ2) is 6.88. The number of rotatable bonds is 3. The monoisotopic (exact) mass is 305 g/mol. The highest BCUT2D eigenvalue weighted by Crippen LogP contribution is 2.32. The molecule has 1 heterocycles. The maximum absolute atomic E-state index is 2.84. The van der Waals surface area contributed by atoms with Gasteiger partial charge in [0, 0.05) is 18.6 Å². The Balaban J connectivity index is 1.60. The molecule has 0 spiro atoms. The molecule has 1 nitrogen and oxygen atoms in total. The van der Waals surface area contributed by atoms with E-state index in [1.165, 1.54) is 50.5 Å². The highest BCUT2D eigenvalue weighted by molar-refractivity contribution is 5.31. The molecule has 0 bridgehead atoms. The van der Waals surface area contributed by atoms with Crippen LogP contribution in [0.1, 0.15) is 48.8 Å². The number of hydrogen-bond donors (Lipinski definition) is 0. The van der Waals surface area contributed by atoms with E-state index in [4.69, 9.17) is 0 Å². The van der Waals surface area contributed by atoms with E-state index in [1.807, 2.05) is 0 Å². The summed E-state index contributed by atoms with van der Waals surface area (Å²) in [5.74, 6) is 0. The van der Waals surface area contributed by atoms with E-state index in [0.29, 0.717) is 6.04 Å². The number of nitrogens with zero attached hydrogens (tertiary/aromatic N) is 1. The first kappa shape index (κ1) is 15.0. The summed E-state index contributed by atoms with van der Waals surface area (Å²) in [7, 11) is 0. The van der Waals surface area contributed by atoms with Crippen LogP contribution in [0.5, 0.6) is 0 Å². The third-order valence-corrected chi connectivity index (χ3v) is 5.75. The fourth-order valence-electron chi connectivity index (χ4n) is 4.52. The predicted octanol–water partition coefficient (Wildman–Crippen LogP) is 4.99. The molecule has 2 aromatic carbocycles. The van der Waals surface area contributed by atoms with Gasteiger partial charge in [0.25, 0.3) is 0 Å². The SMILES string of the molecule is c1ccc(CC2Cc3ccccc3CN2C2CCCCC2)cc1. The summed E-state index contributed by atoms with van der Waals surface area (Å²) in [6.07, 6.45) is 9.46. The van der Waals surface area contributed by atoms with Crippen molar-refractivity contribution in [2.24, 2.45) is 0 Å². The molecule has 0 aromatic heterocycles. The molecule has 0 saturated heterocycles. The molecular weight excluding hydrogens is 278 g/mol. The van der Waals surface area contributed by atoms with E-state index >= 15 is 0 Å². The van der Waals surface area contributed by atoms with E-state index in [-0.39, 0.29) is 0 Å². The molecule has 0 amide bonds. The third kappa shape index (κ3) is 3.35. The standard InChI is InChI=1S/C22H27N/c1-3-9-18(10-4-1)15-22-16-19-11-7-8-12-20(19)17-23(22)21-13-5-2-6-14-21/h1,3-4,7-12,21-22H,2,5-6,13-17H2. The highest BCUT2D eigenvalue weighted by Gasteiger charge is 2.31. The van der Waals surface area contributed by atoms with Crippen LogP contribution in [0.3, 0.4) is 0 Å². The molecule has 23 heavy (non-hydrogen) atoms. The van der Waals surface area contributed by atoms with Gasteiger partial charge in [-0.3, -0.25) is 4.90 Å². The van der Waals surface area contributed by atoms with Crippen LogP contribution in [0.15, 0.2) is 54.6 Å². The van der Waals surface area contributed by atoms with Crippen LogP contribution in [-0.2, 0) is 19.4 Å². The smallest absolute Gasteiger partial charge is 0.0242 e. The average Bonchev–Trinajstić information content (AvgIpc) is 2.63. The zero-order valence-electron chi connectivity index (χ0n) is 14.0. The molecule has 1 fully saturated rings. The van der Waals surface area contributed by atoms with Crippen molar-refractivity contribution in [1.82, 2.24) is 4.90 Å². The molecule has 1 unspecified atom stereocenters. The summed E-state index contributed by atoms with van der Waals surface area (Å²) in [5.41, 5.74) is 4.61. The molecule has 0 radical (unpaired) electrons. The summed E-state index contributed by atoms with van der Waals surface area (Å²) in [5, 5.41) is 0. The van der Waals surface area contributed by atoms with Gasteiger partial charge in [0.2, 0.25) is 0 Å². The van der Waals surface area contributed by atoms with Gasteiger partial charge < -0.3 is 0 Å². The second-order valence-electron chi connectivity index (χ2n) is 7.28. The van der Waals surface area contributed by atoms with Gasteiger partial charge in [0.1, 0.15) is 0 Å². The molecule has 1 saturated carbocycles. The van der Waals surface area contributed by atoms with Gasteiger partial charge in [0.05, 0.1) is 0 Å². The van der Waals surface area contributed by atoms with Gasteiger partial charge in [-0.2, -0.15) is 0 Å². The van der Waals surface area contributed by atoms with Crippen molar-refractivity contribution in [3.63, 3.8) is 0 Å². The minimum Gasteiger partial charge on any atom is -0.293 e. The van der Waals surface area contributed by atoms with Crippen LogP contribution in [0.4, 0.5) is 0 Å². The normalized spacial score (nSPS) is 22.7. The number of fused-ring (bicyclic) bond motifs is 1. The van der Waals surface area contributed by atoms with Crippen LogP contribution >= 0.6 is 0 Å². The van der Waals surface area contributed by atoms with E-state index in [0.717, 1.165) is 12.6 Å². The summed E-state index contributed by atoms with van der Waals surface area (Å²) >= 11 is 0. The topological polar surface area (TPSA) is 3.24 Å². The first-order valence-corrected chi connectivity index (χ1v) is 9.26. The minimum absolute atomic E-state index is 0.662. The van der Waals surface area contributed by atoms with Crippen molar-refractivity contribution < 1.29 is 0 Å². The van der Waals surface area contributed by atoms with Crippen LogP contribution in [-0.4, -0.2) is 17.0 Å². The van der Waals surface area contributed by atoms with E-state index < -0.39 is 0 Å². The Morgan fingerprint density at radius 2 is 1.48 bits per heavy atom. The number of benzene rings is 2. The first-order valence-electron chi connectivity index (χ1n) is 9.26. The maximum Gasteiger partial charge on any atom is 0.0242 e. The molecule has 0 N–H and O–H groups in total. The molecule has 1 aliphatic heterocycles. The van der Waals surface area contributed by atoms with Crippen molar-refractivity contribution >= 4 is 0 Å². The fourth-order valence-corrected chi connectivity index (χ4v) is 4.52. The molecule has 120 valence electrons. The highest BCUT2D eigenvalue weighted by atomic mass is 15.2. The van der Waals surface area contributed by atoms with Crippen LogP contribution < -0.4 is 0 Å². The lowest BCUT2D eigenvalue weighted by atomic mass is 9.86. The average molecular weight is 305 g/mol. The second-order valence-corrected chi connectivity index (χ2v) is 7.28. The maximum atomic E-state index is 2.84. The molecule has 1 aliphatic carbocycles. The third-order valence-electron chi connectivity index (χ3n) is 5.75. The van der Waals surface area contributed by atoms with Gasteiger partial charge in [0.15, 0.2) is 0 Å². The van der Waals surface area contributed by atoms with Gasteiger partial charge in [-0.05, 0) is 42.4 Å². The van der Waals surface area contributed by atoms with E-state index in [1.54, 1.807) is 11.1 Å². The summed E-state index contributed by atoms with van der Waals surface area (Å²) in [6, 6.07) is 21.6. The molecule has 1 atom stereocenters. The number of hydrogen-bond acceptors (Lipinski definition) is 1. The van der Waals surface area contributed by atoms with Crippen molar-refractivity contribution in [3.05, 3.63) is 71.3 Å². The minimum atomic E-state index is 0.662. The van der Waals surface area contributed by atoms with E-state index in [9.17, 15) is 0 Å². The Kier molecular flexibility index (Phi) is 4.48. The first-order chi connectivity index (χ1) is 11.4.